The molecule has 5 nitrogen and oxygen atoms in total. The van der Waals surface area contributed by atoms with Crippen LogP contribution in [0, 0.1) is 12.8 Å². The van der Waals surface area contributed by atoms with Crippen LogP contribution >= 0.6 is 0 Å². The summed E-state index contributed by atoms with van der Waals surface area (Å²) in [5.41, 5.74) is 0.606. The van der Waals surface area contributed by atoms with Gasteiger partial charge in [0.1, 0.15) is 5.56 Å². The number of carbonyl (C=O) groups is 1. The third kappa shape index (κ3) is 3.58. The van der Waals surface area contributed by atoms with Crippen molar-refractivity contribution in [1.29, 1.82) is 0 Å². The molecule has 5 heteroatoms. The van der Waals surface area contributed by atoms with Crippen molar-refractivity contribution in [1.82, 2.24) is 15.2 Å². The molecule has 1 heterocycles. The maximum atomic E-state index is 12.3. The van der Waals surface area contributed by atoms with Crippen LogP contribution in [0.2, 0.25) is 0 Å². The van der Waals surface area contributed by atoms with Gasteiger partial charge in [0.2, 0.25) is 0 Å². The van der Waals surface area contributed by atoms with E-state index in [9.17, 15) is 9.59 Å². The maximum Gasteiger partial charge on any atom is 0.260 e. The lowest BCUT2D eigenvalue weighted by Crippen LogP contribution is -2.55. The standard InChI is InChI=1S/C17H27N3O2/c1-12-6-5-9-17(10-12,20(3)4)11-18-15(21)14-8-7-13(2)19-16(14)22/h7-8,12H,5-6,9-11H2,1-4H3,(H,18,21)(H,19,22)/t12-,17+/m1/s1. The minimum Gasteiger partial charge on any atom is -0.350 e. The van der Waals surface area contributed by atoms with Crippen LogP contribution in [0.3, 0.4) is 0 Å². The number of nitrogens with zero attached hydrogens (tertiary/aromatic N) is 1. The number of aromatic amines is 1. The average Bonchev–Trinajstić information content (AvgIpc) is 2.44. The van der Waals surface area contributed by atoms with E-state index in [4.69, 9.17) is 0 Å². The molecular formula is C17H27N3O2. The lowest BCUT2D eigenvalue weighted by atomic mass is 9.75. The molecule has 0 radical (unpaired) electrons. The van der Waals surface area contributed by atoms with Gasteiger partial charge in [0.05, 0.1) is 0 Å². The summed E-state index contributed by atoms with van der Waals surface area (Å²) in [7, 11) is 4.14. The van der Waals surface area contributed by atoms with E-state index in [0.29, 0.717) is 12.5 Å². The maximum absolute atomic E-state index is 12.3. The van der Waals surface area contributed by atoms with Crippen LogP contribution in [0.1, 0.15) is 48.7 Å². The quantitative estimate of drug-likeness (QED) is 0.893. The van der Waals surface area contributed by atoms with E-state index >= 15 is 0 Å². The number of carbonyl (C=O) groups excluding carboxylic acids is 1. The molecule has 0 aromatic carbocycles. The first-order valence-electron chi connectivity index (χ1n) is 8.00. The van der Waals surface area contributed by atoms with Gasteiger partial charge < -0.3 is 15.2 Å². The number of nitrogens with one attached hydrogen (secondary N) is 2. The number of likely N-dealkylation sites (N-methyl/N-ethyl adjacent to an activating group) is 1. The predicted octanol–water partition coefficient (Wildman–Crippen LogP) is 1.92. The van der Waals surface area contributed by atoms with Crippen molar-refractivity contribution in [3.63, 3.8) is 0 Å². The zero-order valence-corrected chi connectivity index (χ0v) is 14.0. The molecule has 0 saturated heterocycles. The van der Waals surface area contributed by atoms with Gasteiger partial charge in [-0.1, -0.05) is 19.8 Å². The molecule has 1 saturated carbocycles. The predicted molar refractivity (Wildman–Crippen MR) is 88.2 cm³/mol. The summed E-state index contributed by atoms with van der Waals surface area (Å²) in [4.78, 5) is 29.1. The molecule has 0 aliphatic heterocycles. The van der Waals surface area contributed by atoms with Crippen LogP contribution in [0.25, 0.3) is 0 Å². The Bertz CT molecular complexity index is 594. The van der Waals surface area contributed by atoms with E-state index in [-0.39, 0.29) is 22.6 Å². The van der Waals surface area contributed by atoms with Crippen molar-refractivity contribution in [3.8, 4) is 0 Å². The van der Waals surface area contributed by atoms with Gasteiger partial charge in [0.25, 0.3) is 11.5 Å². The molecule has 0 unspecified atom stereocenters. The second-order valence-electron chi connectivity index (χ2n) is 6.89. The van der Waals surface area contributed by atoms with Crippen LogP contribution < -0.4 is 10.9 Å². The Morgan fingerprint density at radius 1 is 1.45 bits per heavy atom. The number of aryl methyl sites for hydroxylation is 1. The molecule has 1 amide bonds. The first-order valence-corrected chi connectivity index (χ1v) is 8.00. The summed E-state index contributed by atoms with van der Waals surface area (Å²) in [6.45, 7) is 4.65. The highest BCUT2D eigenvalue weighted by Crippen LogP contribution is 2.35. The van der Waals surface area contributed by atoms with Crippen molar-refractivity contribution in [2.45, 2.75) is 45.1 Å². The van der Waals surface area contributed by atoms with Crippen molar-refractivity contribution in [2.75, 3.05) is 20.6 Å². The lowest BCUT2D eigenvalue weighted by molar-refractivity contribution is 0.0674. The first-order chi connectivity index (χ1) is 10.3. The second kappa shape index (κ2) is 6.65. The molecule has 22 heavy (non-hydrogen) atoms. The van der Waals surface area contributed by atoms with Gasteiger partial charge in [-0.05, 0) is 51.9 Å². The third-order valence-electron chi connectivity index (χ3n) is 4.89. The van der Waals surface area contributed by atoms with E-state index in [0.717, 1.165) is 18.5 Å². The van der Waals surface area contributed by atoms with Gasteiger partial charge >= 0.3 is 0 Å². The Morgan fingerprint density at radius 2 is 2.18 bits per heavy atom. The lowest BCUT2D eigenvalue weighted by Gasteiger charge is -2.45. The summed E-state index contributed by atoms with van der Waals surface area (Å²) < 4.78 is 0. The molecular weight excluding hydrogens is 278 g/mol. The largest absolute Gasteiger partial charge is 0.350 e. The molecule has 2 atom stereocenters. The molecule has 1 aliphatic rings. The van der Waals surface area contributed by atoms with Gasteiger partial charge in [-0.25, -0.2) is 0 Å². The van der Waals surface area contributed by atoms with Gasteiger partial charge in [0, 0.05) is 17.8 Å². The van der Waals surface area contributed by atoms with E-state index in [1.807, 2.05) is 0 Å². The van der Waals surface area contributed by atoms with Crippen LogP contribution in [0.5, 0.6) is 0 Å². The van der Waals surface area contributed by atoms with Gasteiger partial charge in [-0.15, -0.1) is 0 Å². The topological polar surface area (TPSA) is 65.2 Å². The number of hydrogen-bond acceptors (Lipinski definition) is 3. The number of aromatic nitrogens is 1. The molecule has 0 bridgehead atoms. The Balaban J connectivity index is 2.09. The first kappa shape index (κ1) is 16.7. The fourth-order valence-corrected chi connectivity index (χ4v) is 3.45. The van der Waals surface area contributed by atoms with Crippen LogP contribution in [-0.2, 0) is 0 Å². The summed E-state index contributed by atoms with van der Waals surface area (Å²) >= 11 is 0. The molecule has 1 aliphatic carbocycles. The normalized spacial score (nSPS) is 25.2. The van der Waals surface area contributed by atoms with Crippen molar-refractivity contribution in [3.05, 3.63) is 33.7 Å². The fraction of sp³-hybridized carbons (Fsp3) is 0.647. The fourth-order valence-electron chi connectivity index (χ4n) is 3.45. The van der Waals surface area contributed by atoms with Gasteiger partial charge in [-0.2, -0.15) is 0 Å². The zero-order valence-electron chi connectivity index (χ0n) is 14.0. The minimum absolute atomic E-state index is 0.00914. The van der Waals surface area contributed by atoms with Gasteiger partial charge in [-0.3, -0.25) is 9.59 Å². The Labute approximate surface area is 132 Å². The number of amides is 1. The van der Waals surface area contributed by atoms with Crippen LogP contribution in [0.15, 0.2) is 16.9 Å². The number of H-pyrrole nitrogens is 1. The van der Waals surface area contributed by atoms with E-state index in [1.54, 1.807) is 19.1 Å². The average molecular weight is 305 g/mol. The van der Waals surface area contributed by atoms with Crippen LogP contribution in [-0.4, -0.2) is 42.0 Å². The molecule has 0 spiro atoms. The summed E-state index contributed by atoms with van der Waals surface area (Å²) in [6, 6.07) is 3.34. The number of pyridine rings is 1. The highest BCUT2D eigenvalue weighted by molar-refractivity contribution is 5.93. The molecule has 2 N–H and O–H groups in total. The molecule has 122 valence electrons. The monoisotopic (exact) mass is 305 g/mol. The van der Waals surface area contributed by atoms with E-state index in [2.05, 4.69) is 36.2 Å². The van der Waals surface area contributed by atoms with Crippen molar-refractivity contribution >= 4 is 5.91 Å². The second-order valence-corrected chi connectivity index (χ2v) is 6.89. The molecule has 1 aromatic rings. The number of hydrogen-bond donors (Lipinski definition) is 2. The highest BCUT2D eigenvalue weighted by Gasteiger charge is 2.37. The molecule has 1 aromatic heterocycles. The number of rotatable bonds is 4. The van der Waals surface area contributed by atoms with Crippen molar-refractivity contribution in [2.24, 2.45) is 5.92 Å². The summed E-state index contributed by atoms with van der Waals surface area (Å²) in [5.74, 6) is 0.372. The van der Waals surface area contributed by atoms with E-state index in [1.165, 1.54) is 12.8 Å². The minimum atomic E-state index is -0.326. The Morgan fingerprint density at radius 3 is 2.77 bits per heavy atom. The van der Waals surface area contributed by atoms with Gasteiger partial charge in [0.15, 0.2) is 0 Å². The summed E-state index contributed by atoms with van der Waals surface area (Å²) in [5, 5.41) is 2.97. The van der Waals surface area contributed by atoms with Crippen LogP contribution in [0.4, 0.5) is 0 Å². The van der Waals surface area contributed by atoms with E-state index < -0.39 is 0 Å². The zero-order chi connectivity index (χ0) is 16.3. The Kier molecular flexibility index (Phi) is 5.06. The Hall–Kier alpha value is -1.62. The SMILES string of the molecule is Cc1ccc(C(=O)NC[C@]2(N(C)C)CCC[C@@H](C)C2)c(=O)[nH]1. The molecule has 2 rings (SSSR count). The molecule has 1 fully saturated rings. The van der Waals surface area contributed by atoms with Crippen molar-refractivity contribution < 1.29 is 4.79 Å². The third-order valence-corrected chi connectivity index (χ3v) is 4.89. The smallest absolute Gasteiger partial charge is 0.260 e. The highest BCUT2D eigenvalue weighted by atomic mass is 16.2. The summed E-state index contributed by atoms with van der Waals surface area (Å²) in [6.07, 6.45) is 4.58.